The van der Waals surface area contributed by atoms with E-state index in [9.17, 15) is 9.18 Å². The molecule has 2 nitrogen and oxygen atoms in total. The Bertz CT molecular complexity index is 1170. The molecule has 1 amide bonds. The summed E-state index contributed by atoms with van der Waals surface area (Å²) in [6, 6.07) is 18.7. The van der Waals surface area contributed by atoms with Crippen molar-refractivity contribution < 1.29 is 9.18 Å². The van der Waals surface area contributed by atoms with E-state index < -0.39 is 5.82 Å². The van der Waals surface area contributed by atoms with Crippen LogP contribution in [0.25, 0.3) is 11.8 Å². The standard InChI is InChI=1S/C23H13Cl3FNO/c24-17-7-6-15(19(25)12-17)10-16-11-22(14-4-2-1-3-5-14)28(23(16)29)18-8-9-21(27)20(26)13-18/h1-13H/b16-10+. The highest BCUT2D eigenvalue weighted by Crippen LogP contribution is 2.37. The van der Waals surface area contributed by atoms with E-state index in [1.165, 1.54) is 23.1 Å². The van der Waals surface area contributed by atoms with Gasteiger partial charge in [0.2, 0.25) is 0 Å². The van der Waals surface area contributed by atoms with Crippen molar-refractivity contribution in [2.45, 2.75) is 0 Å². The molecule has 1 heterocycles. The molecule has 1 aliphatic rings. The summed E-state index contributed by atoms with van der Waals surface area (Å²) in [7, 11) is 0. The minimum atomic E-state index is -0.545. The van der Waals surface area contributed by atoms with Crippen LogP contribution in [0.1, 0.15) is 11.1 Å². The summed E-state index contributed by atoms with van der Waals surface area (Å²) in [6.07, 6.45) is 3.48. The summed E-state index contributed by atoms with van der Waals surface area (Å²) >= 11 is 18.2. The molecule has 0 saturated heterocycles. The van der Waals surface area contributed by atoms with Crippen molar-refractivity contribution in [3.63, 3.8) is 0 Å². The first-order valence-electron chi connectivity index (χ1n) is 8.67. The van der Waals surface area contributed by atoms with Crippen LogP contribution in [0, 0.1) is 5.82 Å². The summed E-state index contributed by atoms with van der Waals surface area (Å²) in [6.45, 7) is 0. The van der Waals surface area contributed by atoms with Crippen molar-refractivity contribution in [3.8, 4) is 0 Å². The third-order valence-electron chi connectivity index (χ3n) is 4.49. The van der Waals surface area contributed by atoms with Gasteiger partial charge in [0.1, 0.15) is 5.82 Å². The van der Waals surface area contributed by atoms with E-state index in [2.05, 4.69) is 0 Å². The molecule has 0 spiro atoms. The van der Waals surface area contributed by atoms with Gasteiger partial charge in [-0.05, 0) is 53.6 Å². The predicted octanol–water partition coefficient (Wildman–Crippen LogP) is 7.26. The Hall–Kier alpha value is -2.59. The molecule has 0 unspecified atom stereocenters. The van der Waals surface area contributed by atoms with Gasteiger partial charge in [-0.3, -0.25) is 9.69 Å². The van der Waals surface area contributed by atoms with Crippen LogP contribution in [0.4, 0.5) is 10.1 Å². The van der Waals surface area contributed by atoms with Crippen molar-refractivity contribution in [1.82, 2.24) is 0 Å². The molecular formula is C23H13Cl3FNO. The molecule has 0 aromatic heterocycles. The average molecular weight is 445 g/mol. The van der Waals surface area contributed by atoms with Gasteiger partial charge in [0.25, 0.3) is 5.91 Å². The smallest absolute Gasteiger partial charge is 0.262 e. The van der Waals surface area contributed by atoms with Crippen LogP contribution in [-0.2, 0) is 4.79 Å². The largest absolute Gasteiger partial charge is 0.276 e. The molecule has 0 N–H and O–H groups in total. The topological polar surface area (TPSA) is 20.3 Å². The highest BCUT2D eigenvalue weighted by molar-refractivity contribution is 6.36. The molecule has 4 rings (SSSR count). The van der Waals surface area contributed by atoms with Gasteiger partial charge in [0.05, 0.1) is 16.4 Å². The summed E-state index contributed by atoms with van der Waals surface area (Å²) in [5.74, 6) is -0.812. The highest BCUT2D eigenvalue weighted by Gasteiger charge is 2.30. The van der Waals surface area contributed by atoms with Crippen molar-refractivity contribution in [2.75, 3.05) is 4.90 Å². The second-order valence-corrected chi connectivity index (χ2v) is 7.65. The number of carbonyl (C=O) groups excluding carboxylic acids is 1. The van der Waals surface area contributed by atoms with Crippen molar-refractivity contribution in [2.24, 2.45) is 0 Å². The fraction of sp³-hybridized carbons (Fsp3) is 0. The lowest BCUT2D eigenvalue weighted by molar-refractivity contribution is -0.113. The number of rotatable bonds is 3. The number of anilines is 1. The van der Waals surface area contributed by atoms with Crippen LogP contribution >= 0.6 is 34.8 Å². The third-order valence-corrected chi connectivity index (χ3v) is 5.34. The van der Waals surface area contributed by atoms with Crippen LogP contribution < -0.4 is 4.90 Å². The first kappa shape index (κ1) is 19.7. The van der Waals surface area contributed by atoms with Crippen LogP contribution in [0.3, 0.4) is 0 Å². The molecule has 0 radical (unpaired) electrons. The average Bonchev–Trinajstić information content (AvgIpc) is 3.03. The molecule has 1 aliphatic heterocycles. The Morgan fingerprint density at radius 2 is 1.62 bits per heavy atom. The highest BCUT2D eigenvalue weighted by atomic mass is 35.5. The molecule has 3 aromatic carbocycles. The minimum absolute atomic E-state index is 0.0547. The van der Waals surface area contributed by atoms with Crippen molar-refractivity contribution >= 4 is 58.2 Å². The molecule has 0 saturated carbocycles. The monoisotopic (exact) mass is 443 g/mol. The molecule has 0 bridgehead atoms. The van der Waals surface area contributed by atoms with Crippen LogP contribution in [0.2, 0.25) is 15.1 Å². The first-order valence-corrected chi connectivity index (χ1v) is 9.81. The number of benzene rings is 3. The van der Waals surface area contributed by atoms with E-state index in [1.807, 2.05) is 30.3 Å². The first-order chi connectivity index (χ1) is 13.9. The Morgan fingerprint density at radius 3 is 2.31 bits per heavy atom. The maximum atomic E-state index is 13.7. The van der Waals surface area contributed by atoms with E-state index in [-0.39, 0.29) is 10.9 Å². The van der Waals surface area contributed by atoms with Gasteiger partial charge in [-0.25, -0.2) is 4.39 Å². The summed E-state index contributed by atoms with van der Waals surface area (Å²) in [5.41, 5.74) is 3.08. The second kappa shape index (κ2) is 8.03. The number of hydrogen-bond donors (Lipinski definition) is 0. The van der Waals surface area contributed by atoms with E-state index in [0.717, 1.165) is 5.56 Å². The van der Waals surface area contributed by atoms with Gasteiger partial charge >= 0.3 is 0 Å². The maximum absolute atomic E-state index is 13.7. The summed E-state index contributed by atoms with van der Waals surface area (Å²) in [4.78, 5) is 14.8. The lowest BCUT2D eigenvalue weighted by atomic mass is 10.1. The zero-order chi connectivity index (χ0) is 20.5. The van der Waals surface area contributed by atoms with E-state index >= 15 is 0 Å². The van der Waals surface area contributed by atoms with E-state index in [1.54, 1.807) is 30.4 Å². The molecule has 0 atom stereocenters. The molecule has 29 heavy (non-hydrogen) atoms. The quantitative estimate of drug-likeness (QED) is 0.389. The fourth-order valence-electron chi connectivity index (χ4n) is 3.10. The third kappa shape index (κ3) is 3.95. The predicted molar refractivity (Wildman–Crippen MR) is 118 cm³/mol. The molecule has 0 fully saturated rings. The van der Waals surface area contributed by atoms with Crippen LogP contribution in [0.5, 0.6) is 0 Å². The molecule has 6 heteroatoms. The lowest BCUT2D eigenvalue weighted by Crippen LogP contribution is -2.25. The van der Waals surface area contributed by atoms with Gasteiger partial charge in [0.15, 0.2) is 0 Å². The van der Waals surface area contributed by atoms with Gasteiger partial charge in [-0.2, -0.15) is 0 Å². The summed E-state index contributed by atoms with van der Waals surface area (Å²) in [5, 5.41) is 0.898. The van der Waals surface area contributed by atoms with Crippen molar-refractivity contribution in [1.29, 1.82) is 0 Å². The Balaban J connectivity index is 1.84. The number of hydrogen-bond acceptors (Lipinski definition) is 1. The Kier molecular flexibility index (Phi) is 5.46. The maximum Gasteiger partial charge on any atom is 0.262 e. The second-order valence-electron chi connectivity index (χ2n) is 6.40. The summed E-state index contributed by atoms with van der Waals surface area (Å²) < 4.78 is 13.7. The van der Waals surface area contributed by atoms with E-state index in [4.69, 9.17) is 34.8 Å². The molecular weight excluding hydrogens is 432 g/mol. The molecule has 3 aromatic rings. The van der Waals surface area contributed by atoms with Crippen molar-refractivity contribution in [3.05, 3.63) is 110 Å². The van der Waals surface area contributed by atoms with Gasteiger partial charge < -0.3 is 0 Å². The van der Waals surface area contributed by atoms with Crippen LogP contribution in [0.15, 0.2) is 78.4 Å². The van der Waals surface area contributed by atoms with Gasteiger partial charge in [0, 0.05) is 15.6 Å². The number of carbonyl (C=O) groups is 1. The normalized spacial score (nSPS) is 15.2. The fourth-order valence-corrected chi connectivity index (χ4v) is 3.74. The number of amides is 1. The zero-order valence-electron chi connectivity index (χ0n) is 14.9. The van der Waals surface area contributed by atoms with E-state index in [0.29, 0.717) is 32.6 Å². The Labute approximate surface area is 182 Å². The van der Waals surface area contributed by atoms with Gasteiger partial charge in [-0.1, -0.05) is 71.2 Å². The SMILES string of the molecule is O=C1/C(=C/c2ccc(Cl)cc2Cl)C=C(c2ccccc2)N1c1ccc(F)c(Cl)c1. The Morgan fingerprint density at radius 1 is 0.862 bits per heavy atom. The lowest BCUT2D eigenvalue weighted by Gasteiger charge is -2.21. The molecule has 0 aliphatic carbocycles. The number of halogens is 4. The van der Waals surface area contributed by atoms with Crippen LogP contribution in [-0.4, -0.2) is 5.91 Å². The zero-order valence-corrected chi connectivity index (χ0v) is 17.1. The number of nitrogens with zero attached hydrogens (tertiary/aromatic N) is 1. The van der Waals surface area contributed by atoms with Gasteiger partial charge in [-0.15, -0.1) is 0 Å². The molecule has 144 valence electrons. The minimum Gasteiger partial charge on any atom is -0.276 e.